The van der Waals surface area contributed by atoms with E-state index in [4.69, 9.17) is 9.47 Å². The summed E-state index contributed by atoms with van der Waals surface area (Å²) in [5.41, 5.74) is 0.0538. The number of rotatable bonds is 1. The fourth-order valence-electron chi connectivity index (χ4n) is 4.49. The third-order valence-electron chi connectivity index (χ3n) is 5.68. The number of aliphatic carboxylic acids is 1. The average Bonchev–Trinajstić information content (AvgIpc) is 3.07. The molecule has 4 rings (SSSR count). The molecule has 106 valence electrons. The van der Waals surface area contributed by atoms with Gasteiger partial charge >= 0.3 is 11.9 Å². The Morgan fingerprint density at radius 1 is 1.50 bits per heavy atom. The Balaban J connectivity index is 1.92. The van der Waals surface area contributed by atoms with E-state index in [1.165, 1.54) is 5.57 Å². The van der Waals surface area contributed by atoms with Crippen molar-refractivity contribution in [2.45, 2.75) is 19.4 Å². The molecule has 0 amide bonds. The molecule has 2 aliphatic carbocycles. The van der Waals surface area contributed by atoms with E-state index in [9.17, 15) is 14.7 Å². The zero-order valence-electron chi connectivity index (χ0n) is 11.4. The monoisotopic (exact) mass is 276 g/mol. The highest BCUT2D eigenvalue weighted by atomic mass is 16.6. The van der Waals surface area contributed by atoms with Crippen molar-refractivity contribution >= 4 is 11.9 Å². The second-order valence-electron chi connectivity index (χ2n) is 6.33. The number of hydrogen-bond acceptors (Lipinski definition) is 4. The smallest absolute Gasteiger partial charge is 0.341 e. The van der Waals surface area contributed by atoms with Gasteiger partial charge in [0.05, 0.1) is 13.2 Å². The largest absolute Gasteiger partial charge is 0.478 e. The van der Waals surface area contributed by atoms with Crippen LogP contribution in [0.15, 0.2) is 23.3 Å². The lowest BCUT2D eigenvalue weighted by atomic mass is 9.61. The van der Waals surface area contributed by atoms with Crippen LogP contribution in [0.2, 0.25) is 0 Å². The molecule has 0 aromatic rings. The van der Waals surface area contributed by atoms with Gasteiger partial charge in [-0.3, -0.25) is 0 Å². The van der Waals surface area contributed by atoms with E-state index in [1.807, 2.05) is 13.0 Å². The molecule has 4 aliphatic rings. The van der Waals surface area contributed by atoms with Crippen LogP contribution < -0.4 is 0 Å². The normalized spacial score (nSPS) is 48.3. The third-order valence-corrected chi connectivity index (χ3v) is 5.68. The van der Waals surface area contributed by atoms with Gasteiger partial charge < -0.3 is 14.6 Å². The first kappa shape index (κ1) is 12.1. The van der Waals surface area contributed by atoms with Crippen LogP contribution in [-0.4, -0.2) is 35.9 Å². The molecule has 2 fully saturated rings. The van der Waals surface area contributed by atoms with Crippen molar-refractivity contribution in [2.24, 2.45) is 23.2 Å². The van der Waals surface area contributed by atoms with Crippen molar-refractivity contribution in [3.63, 3.8) is 0 Å². The molecule has 0 aromatic heterocycles. The van der Waals surface area contributed by atoms with Crippen LogP contribution in [0.1, 0.15) is 13.8 Å². The second kappa shape index (κ2) is 3.34. The van der Waals surface area contributed by atoms with Crippen molar-refractivity contribution in [3.05, 3.63) is 23.3 Å². The molecule has 20 heavy (non-hydrogen) atoms. The van der Waals surface area contributed by atoms with Gasteiger partial charge in [0.1, 0.15) is 0 Å². The van der Waals surface area contributed by atoms with Gasteiger partial charge in [-0.25, -0.2) is 9.59 Å². The van der Waals surface area contributed by atoms with Crippen LogP contribution in [-0.2, 0) is 19.1 Å². The molecule has 0 unspecified atom stereocenters. The summed E-state index contributed by atoms with van der Waals surface area (Å²) in [4.78, 5) is 23.7. The Labute approximate surface area is 116 Å². The SMILES string of the molecule is CC1=C[C@@]23[C@@H](COC(=O)[C@]24CO4)C(C(=O)O)=C[C@H]3[C@@H]1C. The van der Waals surface area contributed by atoms with Crippen LogP contribution >= 0.6 is 0 Å². The Hall–Kier alpha value is -1.62. The zero-order chi connectivity index (χ0) is 14.3. The Kier molecular flexibility index (Phi) is 2.03. The highest BCUT2D eigenvalue weighted by Crippen LogP contribution is 2.68. The molecule has 0 bridgehead atoms. The molecule has 0 aromatic carbocycles. The van der Waals surface area contributed by atoms with Crippen LogP contribution in [0.25, 0.3) is 0 Å². The van der Waals surface area contributed by atoms with E-state index >= 15 is 0 Å². The van der Waals surface area contributed by atoms with Gasteiger partial charge in [-0.15, -0.1) is 0 Å². The predicted octanol–water partition coefficient (Wildman–Crippen LogP) is 1.15. The van der Waals surface area contributed by atoms with E-state index < -0.39 is 17.0 Å². The molecule has 2 aliphatic heterocycles. The van der Waals surface area contributed by atoms with Crippen molar-refractivity contribution in [2.75, 3.05) is 13.2 Å². The van der Waals surface area contributed by atoms with E-state index in [0.29, 0.717) is 12.2 Å². The lowest BCUT2D eigenvalue weighted by Gasteiger charge is -2.43. The van der Waals surface area contributed by atoms with Crippen molar-refractivity contribution in [3.8, 4) is 0 Å². The summed E-state index contributed by atoms with van der Waals surface area (Å²) in [5, 5.41) is 9.44. The highest BCUT2D eigenvalue weighted by molar-refractivity contribution is 5.92. The number of carbonyl (C=O) groups is 2. The average molecular weight is 276 g/mol. The maximum Gasteiger partial charge on any atom is 0.341 e. The molecule has 2 heterocycles. The summed E-state index contributed by atoms with van der Waals surface area (Å²) in [6, 6.07) is 0. The Bertz CT molecular complexity index is 597. The van der Waals surface area contributed by atoms with E-state index in [2.05, 4.69) is 13.0 Å². The van der Waals surface area contributed by atoms with Crippen molar-refractivity contribution in [1.82, 2.24) is 0 Å². The number of carbonyl (C=O) groups excluding carboxylic acids is 1. The zero-order valence-corrected chi connectivity index (χ0v) is 11.4. The van der Waals surface area contributed by atoms with Gasteiger partial charge in [-0.1, -0.05) is 24.6 Å². The van der Waals surface area contributed by atoms with Crippen LogP contribution in [0.3, 0.4) is 0 Å². The molecule has 0 radical (unpaired) electrons. The minimum absolute atomic E-state index is 0.00829. The van der Waals surface area contributed by atoms with Gasteiger partial charge in [0.2, 0.25) is 0 Å². The summed E-state index contributed by atoms with van der Waals surface area (Å²) in [7, 11) is 0. The van der Waals surface area contributed by atoms with Crippen LogP contribution in [0.5, 0.6) is 0 Å². The lowest BCUT2D eigenvalue weighted by Crippen LogP contribution is -2.56. The van der Waals surface area contributed by atoms with Crippen LogP contribution in [0, 0.1) is 23.2 Å². The molecular weight excluding hydrogens is 260 g/mol. The van der Waals surface area contributed by atoms with E-state index in [-0.39, 0.29) is 30.3 Å². The van der Waals surface area contributed by atoms with Crippen LogP contribution in [0.4, 0.5) is 0 Å². The molecule has 1 N–H and O–H groups in total. The van der Waals surface area contributed by atoms with E-state index in [0.717, 1.165) is 0 Å². The molecule has 2 saturated heterocycles. The van der Waals surface area contributed by atoms with Crippen molar-refractivity contribution < 1.29 is 24.2 Å². The molecular formula is C15H16O5. The Morgan fingerprint density at radius 3 is 2.80 bits per heavy atom. The maximum atomic E-state index is 12.2. The topological polar surface area (TPSA) is 76.1 Å². The fraction of sp³-hybridized carbons (Fsp3) is 0.600. The van der Waals surface area contributed by atoms with Gasteiger partial charge in [0.25, 0.3) is 0 Å². The van der Waals surface area contributed by atoms with Gasteiger partial charge in [-0.2, -0.15) is 0 Å². The number of esters is 1. The number of ether oxygens (including phenoxy) is 2. The standard InChI is InChI=1S/C15H16O5/c1-7-4-14-10(8(7)2)3-9(12(16)17)11(14)5-19-13(18)15(14)6-20-15/h3-4,8,10-11H,5-6H2,1-2H3,(H,16,17)/t8-,10+,11+,14-,15-/m1/s1. The first-order chi connectivity index (χ1) is 9.44. The van der Waals surface area contributed by atoms with Gasteiger partial charge in [-0.05, 0) is 18.8 Å². The number of allylic oxidation sites excluding steroid dienone is 2. The maximum absolute atomic E-state index is 12.2. The first-order valence-corrected chi connectivity index (χ1v) is 6.89. The minimum atomic E-state index is -0.958. The highest BCUT2D eigenvalue weighted by Gasteiger charge is 2.78. The summed E-state index contributed by atoms with van der Waals surface area (Å²) in [6.45, 7) is 4.59. The third kappa shape index (κ3) is 1.06. The molecule has 5 heteroatoms. The van der Waals surface area contributed by atoms with E-state index in [1.54, 1.807) is 0 Å². The van der Waals surface area contributed by atoms with Gasteiger partial charge in [0.15, 0.2) is 5.60 Å². The number of epoxide rings is 1. The minimum Gasteiger partial charge on any atom is -0.478 e. The predicted molar refractivity (Wildman–Crippen MR) is 67.7 cm³/mol. The second-order valence-corrected chi connectivity index (χ2v) is 6.33. The number of carboxylic acids is 1. The number of carboxylic acid groups (broad SMARTS) is 1. The molecule has 2 spiro atoms. The first-order valence-electron chi connectivity index (χ1n) is 6.89. The quantitative estimate of drug-likeness (QED) is 0.442. The van der Waals surface area contributed by atoms with Crippen molar-refractivity contribution in [1.29, 1.82) is 0 Å². The summed E-state index contributed by atoms with van der Waals surface area (Å²) in [6.07, 6.45) is 3.92. The Morgan fingerprint density at radius 2 is 2.20 bits per heavy atom. The lowest BCUT2D eigenvalue weighted by molar-refractivity contribution is -0.170. The summed E-state index contributed by atoms with van der Waals surface area (Å²) >= 11 is 0. The molecule has 5 atom stereocenters. The number of hydrogen-bond donors (Lipinski definition) is 1. The van der Waals surface area contributed by atoms with Gasteiger partial charge in [0, 0.05) is 16.9 Å². The summed E-state index contributed by atoms with van der Waals surface area (Å²) < 4.78 is 10.8. The molecule has 5 nitrogen and oxygen atoms in total. The number of cyclic esters (lactones) is 1. The molecule has 0 saturated carbocycles. The summed E-state index contributed by atoms with van der Waals surface area (Å²) in [5.74, 6) is -1.33. The fourth-order valence-corrected chi connectivity index (χ4v) is 4.49.